The number of hydrogen-bond donors (Lipinski definition) is 2. The average Bonchev–Trinajstić information content (AvgIpc) is 2.72. The number of nitrogen functional groups attached to an aromatic ring is 1. The number of rotatable bonds is 3. The molecule has 3 N–H and O–H groups in total. The molecule has 2 aromatic rings. The third-order valence-electron chi connectivity index (χ3n) is 2.33. The molecule has 2 rings (SSSR count). The highest BCUT2D eigenvalue weighted by atomic mass is 79.9. The van der Waals surface area contributed by atoms with Gasteiger partial charge in [-0.25, -0.2) is 4.98 Å². The lowest BCUT2D eigenvalue weighted by atomic mass is 10.1. The summed E-state index contributed by atoms with van der Waals surface area (Å²) in [5.41, 5.74) is 6.73. The van der Waals surface area contributed by atoms with Crippen LogP contribution < -0.4 is 11.1 Å². The molecule has 94 valence electrons. The third kappa shape index (κ3) is 3.08. The Morgan fingerprint density at radius 3 is 2.94 bits per heavy atom. The van der Waals surface area contributed by atoms with Crippen molar-refractivity contribution < 1.29 is 4.79 Å². The van der Waals surface area contributed by atoms with Crippen LogP contribution in [-0.4, -0.2) is 10.9 Å². The van der Waals surface area contributed by atoms with Crippen molar-refractivity contribution in [2.24, 2.45) is 0 Å². The lowest BCUT2D eigenvalue weighted by Gasteiger charge is -2.06. The normalized spacial score (nSPS) is 10.3. The zero-order valence-corrected chi connectivity index (χ0v) is 12.1. The minimum Gasteiger partial charge on any atom is -0.398 e. The number of carbonyl (C=O) groups excluding carboxylic acids is 1. The molecule has 0 atom stereocenters. The minimum atomic E-state index is -0.187. The summed E-state index contributed by atoms with van der Waals surface area (Å²) >= 11 is 4.87. The second kappa shape index (κ2) is 5.49. The van der Waals surface area contributed by atoms with Gasteiger partial charge in [-0.3, -0.25) is 4.79 Å². The summed E-state index contributed by atoms with van der Waals surface area (Å²) in [5.74, 6) is -0.187. The number of nitrogens with two attached hydrogens (primary N) is 1. The van der Waals surface area contributed by atoms with E-state index in [9.17, 15) is 4.79 Å². The summed E-state index contributed by atoms with van der Waals surface area (Å²) in [4.78, 5) is 17.2. The smallest absolute Gasteiger partial charge is 0.253 e. The number of amides is 1. The maximum atomic E-state index is 11.9. The van der Waals surface area contributed by atoms with Crippen molar-refractivity contribution in [2.45, 2.75) is 13.5 Å². The van der Waals surface area contributed by atoms with Gasteiger partial charge in [-0.1, -0.05) is 15.9 Å². The molecule has 0 saturated heterocycles. The monoisotopic (exact) mass is 325 g/mol. The molecule has 0 saturated carbocycles. The Bertz CT molecular complexity index is 582. The Balaban J connectivity index is 2.03. The molecule has 0 fully saturated rings. The van der Waals surface area contributed by atoms with E-state index < -0.39 is 0 Å². The van der Waals surface area contributed by atoms with E-state index >= 15 is 0 Å². The van der Waals surface area contributed by atoms with Crippen LogP contribution in [0.5, 0.6) is 0 Å². The molecule has 1 amide bonds. The Morgan fingerprint density at radius 1 is 1.56 bits per heavy atom. The summed E-state index contributed by atoms with van der Waals surface area (Å²) < 4.78 is 0.854. The summed E-state index contributed by atoms with van der Waals surface area (Å²) in [6, 6.07) is 5.20. The molecule has 1 aromatic carbocycles. The maximum Gasteiger partial charge on any atom is 0.253 e. The van der Waals surface area contributed by atoms with Crippen molar-refractivity contribution in [3.05, 3.63) is 44.3 Å². The number of hydrogen-bond acceptors (Lipinski definition) is 4. The molecule has 0 aliphatic carbocycles. The highest BCUT2D eigenvalue weighted by Gasteiger charge is 2.10. The predicted molar refractivity (Wildman–Crippen MR) is 76.6 cm³/mol. The molecule has 1 heterocycles. The molecule has 0 aliphatic rings. The van der Waals surface area contributed by atoms with Gasteiger partial charge in [0.05, 0.1) is 12.1 Å². The number of nitrogens with zero attached hydrogens (tertiary/aromatic N) is 1. The predicted octanol–water partition coefficient (Wildman–Crippen LogP) is 2.73. The van der Waals surface area contributed by atoms with Crippen LogP contribution in [0.1, 0.15) is 20.2 Å². The van der Waals surface area contributed by atoms with Crippen LogP contribution in [0.4, 0.5) is 5.69 Å². The van der Waals surface area contributed by atoms with Crippen LogP contribution >= 0.6 is 27.3 Å². The van der Waals surface area contributed by atoms with Crippen molar-refractivity contribution >= 4 is 38.9 Å². The first-order valence-electron chi connectivity index (χ1n) is 5.31. The third-order valence-corrected chi connectivity index (χ3v) is 3.73. The molecular weight excluding hydrogens is 314 g/mol. The number of benzene rings is 1. The van der Waals surface area contributed by atoms with Gasteiger partial charge < -0.3 is 11.1 Å². The number of aryl methyl sites for hydroxylation is 1. The minimum absolute atomic E-state index is 0.187. The largest absolute Gasteiger partial charge is 0.398 e. The van der Waals surface area contributed by atoms with Gasteiger partial charge in [0.2, 0.25) is 0 Å². The lowest BCUT2D eigenvalue weighted by Crippen LogP contribution is -2.23. The fourth-order valence-corrected chi connectivity index (χ4v) is 2.58. The number of thiazole rings is 1. The zero-order valence-electron chi connectivity index (χ0n) is 9.74. The topological polar surface area (TPSA) is 68.0 Å². The van der Waals surface area contributed by atoms with E-state index in [0.29, 0.717) is 17.8 Å². The van der Waals surface area contributed by atoms with Crippen molar-refractivity contribution in [1.82, 2.24) is 10.3 Å². The van der Waals surface area contributed by atoms with E-state index in [4.69, 9.17) is 5.73 Å². The van der Waals surface area contributed by atoms with E-state index in [1.807, 2.05) is 6.92 Å². The highest BCUT2D eigenvalue weighted by Crippen LogP contribution is 2.18. The van der Waals surface area contributed by atoms with E-state index in [1.165, 1.54) is 0 Å². The highest BCUT2D eigenvalue weighted by molar-refractivity contribution is 9.10. The van der Waals surface area contributed by atoms with Crippen molar-refractivity contribution in [3.8, 4) is 0 Å². The number of aromatic nitrogens is 1. The van der Waals surface area contributed by atoms with Crippen LogP contribution in [0.2, 0.25) is 0 Å². The first kappa shape index (κ1) is 13.0. The first-order chi connectivity index (χ1) is 8.56. The fourth-order valence-electron chi connectivity index (χ4n) is 1.47. The van der Waals surface area contributed by atoms with E-state index in [2.05, 4.69) is 26.2 Å². The van der Waals surface area contributed by atoms with Gasteiger partial charge >= 0.3 is 0 Å². The summed E-state index contributed by atoms with van der Waals surface area (Å²) in [5, 5.41) is 3.69. The molecule has 18 heavy (non-hydrogen) atoms. The Kier molecular flexibility index (Phi) is 3.98. The van der Waals surface area contributed by atoms with Crippen LogP contribution in [0, 0.1) is 6.92 Å². The molecule has 0 spiro atoms. The number of carbonyl (C=O) groups is 1. The SMILES string of the molecule is Cc1cnc(CNC(=O)c2ccc(Br)cc2N)s1. The van der Waals surface area contributed by atoms with E-state index in [-0.39, 0.29) is 5.91 Å². The molecule has 6 heteroatoms. The molecular formula is C12H12BrN3OS. The number of halogens is 1. The van der Waals surface area contributed by atoms with Crippen LogP contribution in [0.3, 0.4) is 0 Å². The maximum absolute atomic E-state index is 11.9. The molecule has 0 aliphatic heterocycles. The lowest BCUT2D eigenvalue weighted by molar-refractivity contribution is 0.0952. The Hall–Kier alpha value is -1.40. The van der Waals surface area contributed by atoms with Gasteiger partial charge in [0.15, 0.2) is 0 Å². The van der Waals surface area contributed by atoms with Crippen molar-refractivity contribution in [3.63, 3.8) is 0 Å². The van der Waals surface area contributed by atoms with E-state index in [1.54, 1.807) is 35.7 Å². The van der Waals surface area contributed by atoms with Crippen molar-refractivity contribution in [1.29, 1.82) is 0 Å². The van der Waals surface area contributed by atoms with Gasteiger partial charge in [0.1, 0.15) is 5.01 Å². The zero-order chi connectivity index (χ0) is 13.1. The number of anilines is 1. The number of nitrogens with one attached hydrogen (secondary N) is 1. The van der Waals surface area contributed by atoms with Crippen molar-refractivity contribution in [2.75, 3.05) is 5.73 Å². The second-order valence-corrected chi connectivity index (χ2v) is 6.01. The van der Waals surface area contributed by atoms with Crippen LogP contribution in [-0.2, 0) is 6.54 Å². The fraction of sp³-hybridized carbons (Fsp3) is 0.167. The summed E-state index contributed by atoms with van der Waals surface area (Å²) in [6.07, 6.45) is 1.79. The Labute approximate surface area is 117 Å². The van der Waals surface area contributed by atoms with Gasteiger partial charge in [0.25, 0.3) is 5.91 Å². The standard InChI is InChI=1S/C12H12BrN3OS/c1-7-5-15-11(18-7)6-16-12(17)9-3-2-8(13)4-10(9)14/h2-5H,6,14H2,1H3,(H,16,17). The van der Waals surface area contributed by atoms with E-state index in [0.717, 1.165) is 14.4 Å². The van der Waals surface area contributed by atoms with Gasteiger partial charge in [0, 0.05) is 21.2 Å². The van der Waals surface area contributed by atoms with Gasteiger partial charge in [-0.2, -0.15) is 0 Å². The Morgan fingerprint density at radius 2 is 2.33 bits per heavy atom. The van der Waals surface area contributed by atoms with Crippen LogP contribution in [0.15, 0.2) is 28.9 Å². The van der Waals surface area contributed by atoms with Crippen LogP contribution in [0.25, 0.3) is 0 Å². The summed E-state index contributed by atoms with van der Waals surface area (Å²) in [7, 11) is 0. The second-order valence-electron chi connectivity index (χ2n) is 3.78. The average molecular weight is 326 g/mol. The quantitative estimate of drug-likeness (QED) is 0.852. The molecule has 1 aromatic heterocycles. The van der Waals surface area contributed by atoms with Gasteiger partial charge in [-0.05, 0) is 25.1 Å². The molecule has 4 nitrogen and oxygen atoms in total. The molecule has 0 radical (unpaired) electrons. The molecule has 0 unspecified atom stereocenters. The molecule has 0 bridgehead atoms. The summed E-state index contributed by atoms with van der Waals surface area (Å²) in [6.45, 7) is 2.41. The first-order valence-corrected chi connectivity index (χ1v) is 6.92. The van der Waals surface area contributed by atoms with Gasteiger partial charge in [-0.15, -0.1) is 11.3 Å².